The summed E-state index contributed by atoms with van der Waals surface area (Å²) in [7, 11) is 2.18. The van der Waals surface area contributed by atoms with E-state index in [0.29, 0.717) is 11.6 Å². The predicted molar refractivity (Wildman–Crippen MR) is 96.5 cm³/mol. The first-order chi connectivity index (χ1) is 11.6. The van der Waals surface area contributed by atoms with Crippen LogP contribution in [0.4, 0.5) is 5.69 Å². The van der Waals surface area contributed by atoms with Gasteiger partial charge in [0, 0.05) is 38.4 Å². The van der Waals surface area contributed by atoms with Crippen molar-refractivity contribution in [2.24, 2.45) is 0 Å². The summed E-state index contributed by atoms with van der Waals surface area (Å²) < 4.78 is 0. The third-order valence-electron chi connectivity index (χ3n) is 4.88. The van der Waals surface area contributed by atoms with Crippen molar-refractivity contribution in [3.63, 3.8) is 0 Å². The van der Waals surface area contributed by atoms with Gasteiger partial charge in [-0.05, 0) is 42.7 Å². The predicted octanol–water partition coefficient (Wildman–Crippen LogP) is 3.49. The van der Waals surface area contributed by atoms with Gasteiger partial charge in [0.15, 0.2) is 0 Å². The summed E-state index contributed by atoms with van der Waals surface area (Å²) in [6.45, 7) is 3.03. The molecule has 1 N–H and O–H groups in total. The van der Waals surface area contributed by atoms with Crippen LogP contribution >= 0.6 is 0 Å². The molecule has 1 saturated heterocycles. The molecule has 2 aromatic rings. The summed E-state index contributed by atoms with van der Waals surface area (Å²) in [4.78, 5) is 15.7. The average Bonchev–Trinajstić information content (AvgIpc) is 2.63. The average molecular weight is 324 g/mol. The highest BCUT2D eigenvalue weighted by Gasteiger charge is 2.22. The molecule has 0 spiro atoms. The van der Waals surface area contributed by atoms with E-state index in [1.807, 2.05) is 12.1 Å². The lowest BCUT2D eigenvalue weighted by Gasteiger charge is -2.38. The molecular formula is C20H24N2O2. The molecular weight excluding hydrogens is 300 g/mol. The Bertz CT molecular complexity index is 662. The number of piperidine rings is 1. The van der Waals surface area contributed by atoms with Gasteiger partial charge in [-0.3, -0.25) is 4.90 Å². The monoisotopic (exact) mass is 324 g/mol. The van der Waals surface area contributed by atoms with Gasteiger partial charge in [-0.1, -0.05) is 30.3 Å². The second-order valence-electron chi connectivity index (χ2n) is 6.46. The maximum atomic E-state index is 10.9. The second-order valence-corrected chi connectivity index (χ2v) is 6.46. The standard InChI is InChI=1S/C20H24N2O2/c1-21(18-5-3-2-4-6-18)19-11-13-22(14-12-19)15-16-7-9-17(10-8-16)20(23)24/h2-10,19H,11-15H2,1H3,(H,23,24). The molecule has 0 saturated carbocycles. The molecule has 0 bridgehead atoms. The molecule has 3 rings (SSSR count). The summed E-state index contributed by atoms with van der Waals surface area (Å²) in [6, 6.07) is 18.3. The molecule has 0 aromatic heterocycles. The number of para-hydroxylation sites is 1. The number of aromatic carboxylic acids is 1. The van der Waals surface area contributed by atoms with E-state index in [1.165, 1.54) is 11.3 Å². The molecule has 0 aliphatic carbocycles. The number of benzene rings is 2. The van der Waals surface area contributed by atoms with E-state index in [2.05, 4.69) is 47.2 Å². The Labute approximate surface area is 143 Å². The van der Waals surface area contributed by atoms with Crippen LogP contribution in [0.1, 0.15) is 28.8 Å². The van der Waals surface area contributed by atoms with Crippen LogP contribution in [-0.4, -0.2) is 42.2 Å². The summed E-state index contributed by atoms with van der Waals surface area (Å²) in [6.07, 6.45) is 2.30. The van der Waals surface area contributed by atoms with Gasteiger partial charge in [0.25, 0.3) is 0 Å². The van der Waals surface area contributed by atoms with Crippen molar-refractivity contribution < 1.29 is 9.90 Å². The molecule has 4 heteroatoms. The van der Waals surface area contributed by atoms with Crippen molar-refractivity contribution in [1.82, 2.24) is 4.90 Å². The molecule has 1 heterocycles. The number of nitrogens with zero attached hydrogens (tertiary/aromatic N) is 2. The van der Waals surface area contributed by atoms with Gasteiger partial charge in [-0.25, -0.2) is 4.79 Å². The summed E-state index contributed by atoms with van der Waals surface area (Å²) in [5, 5.41) is 8.96. The molecule has 0 atom stereocenters. The van der Waals surface area contributed by atoms with E-state index in [-0.39, 0.29) is 0 Å². The van der Waals surface area contributed by atoms with Crippen molar-refractivity contribution >= 4 is 11.7 Å². The Balaban J connectivity index is 1.52. The van der Waals surface area contributed by atoms with E-state index in [0.717, 1.165) is 32.5 Å². The van der Waals surface area contributed by atoms with Crippen LogP contribution in [0, 0.1) is 0 Å². The maximum Gasteiger partial charge on any atom is 0.335 e. The molecule has 0 unspecified atom stereocenters. The first-order valence-corrected chi connectivity index (χ1v) is 8.46. The van der Waals surface area contributed by atoms with E-state index in [9.17, 15) is 4.79 Å². The molecule has 0 amide bonds. The van der Waals surface area contributed by atoms with Crippen LogP contribution in [0.2, 0.25) is 0 Å². The number of carboxylic acid groups (broad SMARTS) is 1. The quantitative estimate of drug-likeness (QED) is 0.914. The summed E-state index contributed by atoms with van der Waals surface area (Å²) in [5.74, 6) is -0.869. The Kier molecular flexibility index (Phi) is 5.16. The van der Waals surface area contributed by atoms with Gasteiger partial charge >= 0.3 is 5.97 Å². The highest BCUT2D eigenvalue weighted by molar-refractivity contribution is 5.87. The van der Waals surface area contributed by atoms with Gasteiger partial charge in [0.1, 0.15) is 0 Å². The van der Waals surface area contributed by atoms with Crippen LogP contribution < -0.4 is 4.90 Å². The van der Waals surface area contributed by atoms with E-state index in [1.54, 1.807) is 12.1 Å². The largest absolute Gasteiger partial charge is 0.478 e. The summed E-state index contributed by atoms with van der Waals surface area (Å²) in [5.41, 5.74) is 2.80. The maximum absolute atomic E-state index is 10.9. The lowest BCUT2D eigenvalue weighted by Crippen LogP contribution is -2.43. The smallest absolute Gasteiger partial charge is 0.335 e. The number of hydrogen-bond acceptors (Lipinski definition) is 3. The van der Waals surface area contributed by atoms with Crippen molar-refractivity contribution in [3.05, 3.63) is 65.7 Å². The zero-order valence-electron chi connectivity index (χ0n) is 14.1. The molecule has 1 aliphatic heterocycles. The van der Waals surface area contributed by atoms with Gasteiger partial charge in [0.05, 0.1) is 5.56 Å². The fraction of sp³-hybridized carbons (Fsp3) is 0.350. The fourth-order valence-electron chi connectivity index (χ4n) is 3.35. The minimum atomic E-state index is -0.869. The fourth-order valence-corrected chi connectivity index (χ4v) is 3.35. The minimum absolute atomic E-state index is 0.349. The zero-order valence-corrected chi connectivity index (χ0v) is 14.1. The highest BCUT2D eigenvalue weighted by Crippen LogP contribution is 2.22. The van der Waals surface area contributed by atoms with Crippen LogP contribution in [-0.2, 0) is 6.54 Å². The van der Waals surface area contributed by atoms with Crippen LogP contribution in [0.5, 0.6) is 0 Å². The zero-order chi connectivity index (χ0) is 16.9. The molecule has 1 fully saturated rings. The van der Waals surface area contributed by atoms with Gasteiger partial charge in [-0.15, -0.1) is 0 Å². The van der Waals surface area contributed by atoms with Crippen molar-refractivity contribution in [2.75, 3.05) is 25.0 Å². The van der Waals surface area contributed by atoms with Crippen molar-refractivity contribution in [3.8, 4) is 0 Å². The SMILES string of the molecule is CN(c1ccccc1)C1CCN(Cc2ccc(C(=O)O)cc2)CC1. The number of rotatable bonds is 5. The van der Waals surface area contributed by atoms with Crippen molar-refractivity contribution in [2.45, 2.75) is 25.4 Å². The molecule has 1 aliphatic rings. The molecule has 4 nitrogen and oxygen atoms in total. The number of likely N-dealkylation sites (tertiary alicyclic amines) is 1. The van der Waals surface area contributed by atoms with Gasteiger partial charge < -0.3 is 10.0 Å². The molecule has 0 radical (unpaired) electrons. The first-order valence-electron chi connectivity index (χ1n) is 8.46. The molecule has 126 valence electrons. The highest BCUT2D eigenvalue weighted by atomic mass is 16.4. The number of hydrogen-bond donors (Lipinski definition) is 1. The third kappa shape index (κ3) is 3.95. The number of carboxylic acids is 1. The second kappa shape index (κ2) is 7.49. The van der Waals surface area contributed by atoms with Crippen LogP contribution in [0.3, 0.4) is 0 Å². The van der Waals surface area contributed by atoms with Gasteiger partial charge in [-0.2, -0.15) is 0 Å². The Hall–Kier alpha value is -2.33. The Morgan fingerprint density at radius 3 is 2.29 bits per heavy atom. The van der Waals surface area contributed by atoms with Crippen LogP contribution in [0.25, 0.3) is 0 Å². The van der Waals surface area contributed by atoms with Crippen molar-refractivity contribution in [1.29, 1.82) is 0 Å². The lowest BCUT2D eigenvalue weighted by atomic mass is 10.0. The Morgan fingerprint density at radius 2 is 1.71 bits per heavy atom. The van der Waals surface area contributed by atoms with E-state index < -0.39 is 5.97 Å². The normalized spacial score (nSPS) is 16.0. The topological polar surface area (TPSA) is 43.8 Å². The minimum Gasteiger partial charge on any atom is -0.478 e. The lowest BCUT2D eigenvalue weighted by molar-refractivity contribution is 0.0697. The molecule has 2 aromatic carbocycles. The molecule has 24 heavy (non-hydrogen) atoms. The first kappa shape index (κ1) is 16.5. The van der Waals surface area contributed by atoms with Gasteiger partial charge in [0.2, 0.25) is 0 Å². The third-order valence-corrected chi connectivity index (χ3v) is 4.88. The number of carbonyl (C=O) groups is 1. The summed E-state index contributed by atoms with van der Waals surface area (Å²) >= 11 is 0. The van der Waals surface area contributed by atoms with Crippen LogP contribution in [0.15, 0.2) is 54.6 Å². The van der Waals surface area contributed by atoms with E-state index in [4.69, 9.17) is 5.11 Å². The van der Waals surface area contributed by atoms with E-state index >= 15 is 0 Å². The Morgan fingerprint density at radius 1 is 1.08 bits per heavy atom. The number of anilines is 1.